The molecule has 0 aliphatic heterocycles. The monoisotopic (exact) mass is 353 g/mol. The SMILES string of the molecule is CCCC[C@H](NS(=O)(=O)Cc1ccccc1C(F)(F)F)C(=O)O. The number of hydrogen-bond acceptors (Lipinski definition) is 3. The van der Waals surface area contributed by atoms with Gasteiger partial charge in [-0.15, -0.1) is 0 Å². The molecule has 1 aromatic carbocycles. The van der Waals surface area contributed by atoms with Crippen molar-refractivity contribution in [2.45, 2.75) is 44.2 Å². The number of carboxylic acid groups (broad SMARTS) is 1. The molecule has 0 unspecified atom stereocenters. The van der Waals surface area contributed by atoms with Gasteiger partial charge in [-0.05, 0) is 18.1 Å². The second-order valence-electron chi connectivity index (χ2n) is 5.06. The zero-order valence-corrected chi connectivity index (χ0v) is 13.2. The van der Waals surface area contributed by atoms with Gasteiger partial charge in [-0.25, -0.2) is 13.1 Å². The number of nitrogens with one attached hydrogen (secondary N) is 1. The molecule has 5 nitrogen and oxygen atoms in total. The minimum absolute atomic E-state index is 0.0754. The van der Waals surface area contributed by atoms with Gasteiger partial charge in [-0.3, -0.25) is 4.79 Å². The number of benzene rings is 1. The van der Waals surface area contributed by atoms with Crippen LogP contribution in [0.15, 0.2) is 24.3 Å². The smallest absolute Gasteiger partial charge is 0.416 e. The molecule has 0 fully saturated rings. The lowest BCUT2D eigenvalue weighted by atomic mass is 10.1. The maximum atomic E-state index is 12.9. The lowest BCUT2D eigenvalue weighted by molar-refractivity contribution is -0.139. The van der Waals surface area contributed by atoms with Gasteiger partial charge < -0.3 is 5.11 Å². The molecule has 0 heterocycles. The standard InChI is InChI=1S/C14H18F3NO4S/c1-2-3-8-12(13(19)20)18-23(21,22)9-10-6-4-5-7-11(10)14(15,16)17/h4-7,12,18H,2-3,8-9H2,1H3,(H,19,20)/t12-/m0/s1. The van der Waals surface area contributed by atoms with E-state index in [0.29, 0.717) is 12.8 Å². The van der Waals surface area contributed by atoms with Gasteiger partial charge in [-0.2, -0.15) is 13.2 Å². The van der Waals surface area contributed by atoms with Crippen LogP contribution in [-0.2, 0) is 26.7 Å². The number of carboxylic acids is 1. The number of rotatable bonds is 8. The summed E-state index contributed by atoms with van der Waals surface area (Å²) in [5.41, 5.74) is -1.47. The molecule has 9 heteroatoms. The molecule has 0 radical (unpaired) electrons. The summed E-state index contributed by atoms with van der Waals surface area (Å²) in [6, 6.07) is 2.96. The van der Waals surface area contributed by atoms with E-state index in [1.54, 1.807) is 0 Å². The van der Waals surface area contributed by atoms with Gasteiger partial charge in [0.05, 0.1) is 11.3 Å². The number of unbranched alkanes of at least 4 members (excludes halogenated alkanes) is 1. The second kappa shape index (κ2) is 7.78. The molecule has 1 atom stereocenters. The first kappa shape index (κ1) is 19.4. The van der Waals surface area contributed by atoms with E-state index in [2.05, 4.69) is 0 Å². The predicted octanol–water partition coefficient (Wildman–Crippen LogP) is 2.77. The Bertz CT molecular complexity index is 644. The number of aliphatic carboxylic acids is 1. The second-order valence-corrected chi connectivity index (χ2v) is 6.82. The van der Waals surface area contributed by atoms with Crippen LogP contribution < -0.4 is 4.72 Å². The molecule has 1 rings (SSSR count). The molecule has 0 bridgehead atoms. The Morgan fingerprint density at radius 3 is 2.43 bits per heavy atom. The van der Waals surface area contributed by atoms with Crippen molar-refractivity contribution in [1.82, 2.24) is 4.72 Å². The Morgan fingerprint density at radius 2 is 1.91 bits per heavy atom. The lowest BCUT2D eigenvalue weighted by Crippen LogP contribution is -2.41. The zero-order chi connectivity index (χ0) is 17.7. The van der Waals surface area contributed by atoms with Crippen molar-refractivity contribution in [3.63, 3.8) is 0 Å². The fourth-order valence-corrected chi connectivity index (χ4v) is 3.42. The van der Waals surface area contributed by atoms with Crippen LogP contribution in [-0.4, -0.2) is 25.5 Å². The van der Waals surface area contributed by atoms with E-state index in [4.69, 9.17) is 5.11 Å². The van der Waals surface area contributed by atoms with Crippen LogP contribution in [0.5, 0.6) is 0 Å². The maximum Gasteiger partial charge on any atom is 0.416 e. The Balaban J connectivity index is 2.97. The third-order valence-corrected chi connectivity index (χ3v) is 4.47. The summed E-state index contributed by atoms with van der Waals surface area (Å²) in [6.45, 7) is 1.81. The molecule has 0 amide bonds. The molecule has 130 valence electrons. The Hall–Kier alpha value is -1.61. The fourth-order valence-electron chi connectivity index (χ4n) is 2.03. The number of halogens is 3. The van der Waals surface area contributed by atoms with E-state index < -0.39 is 45.1 Å². The van der Waals surface area contributed by atoms with Gasteiger partial charge in [0.1, 0.15) is 6.04 Å². The summed E-state index contributed by atoms with van der Waals surface area (Å²) in [6.07, 6.45) is -3.45. The van der Waals surface area contributed by atoms with E-state index in [1.165, 1.54) is 6.07 Å². The van der Waals surface area contributed by atoms with Crippen LogP contribution in [0.3, 0.4) is 0 Å². The summed E-state index contributed by atoms with van der Waals surface area (Å²) < 4.78 is 64.6. The minimum atomic E-state index is -4.68. The van der Waals surface area contributed by atoms with E-state index in [-0.39, 0.29) is 6.42 Å². The van der Waals surface area contributed by atoms with Crippen LogP contribution in [0.4, 0.5) is 13.2 Å². The molecule has 0 aromatic heterocycles. The third-order valence-electron chi connectivity index (χ3n) is 3.13. The number of sulfonamides is 1. The first-order chi connectivity index (χ1) is 10.6. The molecule has 0 spiro atoms. The molecule has 0 saturated carbocycles. The summed E-state index contributed by atoms with van der Waals surface area (Å²) in [7, 11) is -4.22. The predicted molar refractivity (Wildman–Crippen MR) is 78.2 cm³/mol. The topological polar surface area (TPSA) is 83.5 Å². The summed E-state index contributed by atoms with van der Waals surface area (Å²) in [4.78, 5) is 11.1. The van der Waals surface area contributed by atoms with Crippen molar-refractivity contribution in [2.24, 2.45) is 0 Å². The number of carbonyl (C=O) groups is 1. The average Bonchev–Trinajstić information content (AvgIpc) is 2.42. The minimum Gasteiger partial charge on any atom is -0.480 e. The van der Waals surface area contributed by atoms with Crippen molar-refractivity contribution in [2.75, 3.05) is 0 Å². The van der Waals surface area contributed by atoms with Crippen molar-refractivity contribution >= 4 is 16.0 Å². The molecule has 1 aromatic rings. The van der Waals surface area contributed by atoms with Gasteiger partial charge in [0.25, 0.3) is 0 Å². The van der Waals surface area contributed by atoms with Gasteiger partial charge in [0.15, 0.2) is 0 Å². The number of alkyl halides is 3. The highest BCUT2D eigenvalue weighted by molar-refractivity contribution is 7.88. The summed E-state index contributed by atoms with van der Waals surface area (Å²) >= 11 is 0. The van der Waals surface area contributed by atoms with Crippen LogP contribution in [0, 0.1) is 0 Å². The highest BCUT2D eigenvalue weighted by Gasteiger charge is 2.34. The van der Waals surface area contributed by atoms with Gasteiger partial charge in [0, 0.05) is 0 Å². The van der Waals surface area contributed by atoms with Crippen LogP contribution in [0.1, 0.15) is 37.3 Å². The Labute approximate surface area is 132 Å². The number of hydrogen-bond donors (Lipinski definition) is 2. The van der Waals surface area contributed by atoms with Crippen LogP contribution >= 0.6 is 0 Å². The Morgan fingerprint density at radius 1 is 1.30 bits per heavy atom. The van der Waals surface area contributed by atoms with Crippen molar-refractivity contribution in [3.8, 4) is 0 Å². The molecular formula is C14H18F3NO4S. The first-order valence-electron chi connectivity index (χ1n) is 6.94. The molecular weight excluding hydrogens is 335 g/mol. The molecule has 23 heavy (non-hydrogen) atoms. The fraction of sp³-hybridized carbons (Fsp3) is 0.500. The largest absolute Gasteiger partial charge is 0.480 e. The normalized spacial score (nSPS) is 13.7. The van der Waals surface area contributed by atoms with Gasteiger partial charge in [0.2, 0.25) is 10.0 Å². The molecule has 0 aliphatic rings. The third kappa shape index (κ3) is 6.19. The Kier molecular flexibility index (Phi) is 6.57. The summed E-state index contributed by atoms with van der Waals surface area (Å²) in [5, 5.41) is 9.01. The highest BCUT2D eigenvalue weighted by Crippen LogP contribution is 2.32. The van der Waals surface area contributed by atoms with Crippen molar-refractivity contribution in [3.05, 3.63) is 35.4 Å². The quantitative estimate of drug-likeness (QED) is 0.753. The van der Waals surface area contributed by atoms with Crippen molar-refractivity contribution < 1.29 is 31.5 Å². The highest BCUT2D eigenvalue weighted by atomic mass is 32.2. The van der Waals surface area contributed by atoms with Gasteiger partial charge >= 0.3 is 12.1 Å². The average molecular weight is 353 g/mol. The molecule has 0 saturated heterocycles. The van der Waals surface area contributed by atoms with E-state index in [1.807, 2.05) is 11.6 Å². The first-order valence-corrected chi connectivity index (χ1v) is 8.60. The van der Waals surface area contributed by atoms with Gasteiger partial charge in [-0.1, -0.05) is 38.0 Å². The lowest BCUT2D eigenvalue weighted by Gasteiger charge is -2.16. The van der Waals surface area contributed by atoms with E-state index in [9.17, 15) is 26.4 Å². The summed E-state index contributed by atoms with van der Waals surface area (Å²) in [5.74, 6) is -2.29. The molecule has 2 N–H and O–H groups in total. The molecule has 0 aliphatic carbocycles. The van der Waals surface area contributed by atoms with E-state index in [0.717, 1.165) is 18.2 Å². The van der Waals surface area contributed by atoms with Crippen LogP contribution in [0.25, 0.3) is 0 Å². The van der Waals surface area contributed by atoms with Crippen LogP contribution in [0.2, 0.25) is 0 Å². The zero-order valence-electron chi connectivity index (χ0n) is 12.4. The van der Waals surface area contributed by atoms with E-state index >= 15 is 0 Å². The van der Waals surface area contributed by atoms with Crippen molar-refractivity contribution in [1.29, 1.82) is 0 Å². The maximum absolute atomic E-state index is 12.9.